The van der Waals surface area contributed by atoms with Gasteiger partial charge in [-0.15, -0.1) is 0 Å². The molecule has 0 saturated heterocycles. The number of nitrogens with zero attached hydrogens (tertiary/aromatic N) is 4. The summed E-state index contributed by atoms with van der Waals surface area (Å²) < 4.78 is 3.57. The summed E-state index contributed by atoms with van der Waals surface area (Å²) in [7, 11) is 0. The van der Waals surface area contributed by atoms with E-state index in [1.54, 1.807) is 58.4 Å². The minimum absolute atomic E-state index is 0. The number of hydrogen-bond acceptors (Lipinski definition) is 5. The molecule has 0 spiro atoms. The predicted octanol–water partition coefficient (Wildman–Crippen LogP) is -4.53. The number of ketones is 2. The number of nitrogens with one attached hydrogen (secondary N) is 1. The SMILES string of the molecule is O=C(Cn1cc[n+](CC(=O)c2ccccc2)c1)c1ccccc1.[Br-].[Br-].c1ncc2c(n1)NC[NH2+]C2. The van der Waals surface area contributed by atoms with Crippen LogP contribution in [0, 0.1) is 0 Å². The first kappa shape index (κ1) is 28.0. The molecule has 10 heteroatoms. The lowest BCUT2D eigenvalue weighted by atomic mass is 10.1. The zero-order valence-electron chi connectivity index (χ0n) is 18.9. The average molecular weight is 602 g/mol. The Balaban J connectivity index is 0.000000303. The highest BCUT2D eigenvalue weighted by Crippen LogP contribution is 2.08. The Labute approximate surface area is 225 Å². The number of halogens is 2. The summed E-state index contributed by atoms with van der Waals surface area (Å²) >= 11 is 0. The zero-order valence-corrected chi connectivity index (χ0v) is 22.1. The lowest BCUT2D eigenvalue weighted by molar-refractivity contribution is -0.682. The first-order valence-electron chi connectivity index (χ1n) is 10.7. The Bertz CT molecular complexity index is 1130. The quantitative estimate of drug-likeness (QED) is 0.172. The number of imidazole rings is 1. The Morgan fingerprint density at radius 1 is 0.971 bits per heavy atom. The van der Waals surface area contributed by atoms with Crippen LogP contribution < -0.4 is 49.2 Å². The van der Waals surface area contributed by atoms with Gasteiger partial charge in [-0.2, -0.15) is 0 Å². The van der Waals surface area contributed by atoms with Gasteiger partial charge in [0.2, 0.25) is 17.9 Å². The van der Waals surface area contributed by atoms with E-state index in [2.05, 4.69) is 20.6 Å². The molecule has 8 nitrogen and oxygen atoms in total. The summed E-state index contributed by atoms with van der Waals surface area (Å²) in [6.07, 6.45) is 8.81. The van der Waals surface area contributed by atoms with Gasteiger partial charge in [-0.1, -0.05) is 60.7 Å². The van der Waals surface area contributed by atoms with Crippen LogP contribution >= 0.6 is 0 Å². The second-order valence-corrected chi connectivity index (χ2v) is 7.61. The van der Waals surface area contributed by atoms with E-state index in [0.717, 1.165) is 19.0 Å². The van der Waals surface area contributed by atoms with Crippen LogP contribution in [0.15, 0.2) is 91.9 Å². The zero-order chi connectivity index (χ0) is 22.9. The van der Waals surface area contributed by atoms with Gasteiger partial charge in [0.1, 0.15) is 37.8 Å². The molecule has 0 radical (unpaired) electrons. The number of rotatable bonds is 6. The number of carbonyl (C=O) groups excluding carboxylic acids is 2. The second kappa shape index (κ2) is 14.2. The summed E-state index contributed by atoms with van der Waals surface area (Å²) in [6, 6.07) is 18.4. The van der Waals surface area contributed by atoms with Crippen molar-refractivity contribution in [3.05, 3.63) is 109 Å². The molecule has 0 bridgehead atoms. The van der Waals surface area contributed by atoms with E-state index in [1.165, 1.54) is 5.56 Å². The van der Waals surface area contributed by atoms with Gasteiger partial charge in [-0.3, -0.25) is 9.59 Å². The molecule has 182 valence electrons. The molecule has 1 aliphatic rings. The highest BCUT2D eigenvalue weighted by molar-refractivity contribution is 5.96. The molecular weight excluding hydrogens is 576 g/mol. The Hall–Kier alpha value is -3.21. The Kier molecular flexibility index (Phi) is 11.4. The third-order valence-electron chi connectivity index (χ3n) is 5.16. The summed E-state index contributed by atoms with van der Waals surface area (Å²) in [4.78, 5) is 32.3. The molecule has 0 amide bonds. The fraction of sp³-hybridized carbons (Fsp3) is 0.160. The van der Waals surface area contributed by atoms with E-state index < -0.39 is 0 Å². The molecule has 3 heterocycles. The fourth-order valence-electron chi connectivity index (χ4n) is 3.45. The molecule has 2 aromatic carbocycles. The average Bonchev–Trinajstić information content (AvgIpc) is 3.32. The van der Waals surface area contributed by atoms with Crippen LogP contribution in [0.2, 0.25) is 0 Å². The van der Waals surface area contributed by atoms with E-state index in [4.69, 9.17) is 0 Å². The number of Topliss-reactive ketones (excluding diaryl/α,β-unsaturated/α-hetero) is 2. The van der Waals surface area contributed by atoms with Crippen molar-refractivity contribution in [3.8, 4) is 0 Å². The van der Waals surface area contributed by atoms with Gasteiger partial charge >= 0.3 is 0 Å². The maximum absolute atomic E-state index is 12.2. The van der Waals surface area contributed by atoms with Crippen molar-refractivity contribution in [2.45, 2.75) is 19.6 Å². The van der Waals surface area contributed by atoms with Crippen molar-refractivity contribution < 1.29 is 53.4 Å². The normalized spacial score (nSPS) is 11.3. The molecule has 0 unspecified atom stereocenters. The summed E-state index contributed by atoms with van der Waals surface area (Å²) in [6.45, 7) is 2.43. The van der Waals surface area contributed by atoms with E-state index in [0.29, 0.717) is 11.1 Å². The standard InChI is InChI=1S/C19H17N2O2.C6H8N4.2BrH/c22-18(16-7-3-1-4-8-16)13-20-11-12-21(15-20)14-19(23)17-9-5-2-6-10-17;1-5-2-8-4-10-6(5)9-3-7-1;;/h1-12,15H,13-14H2;1,3,8H,2,4H2,(H,7,9,10);2*1H/q+1;;;/p-1. The van der Waals surface area contributed by atoms with Crippen molar-refractivity contribution in [1.82, 2.24) is 14.5 Å². The third-order valence-corrected chi connectivity index (χ3v) is 5.16. The van der Waals surface area contributed by atoms with Crippen molar-refractivity contribution >= 4 is 17.4 Å². The highest BCUT2D eigenvalue weighted by Gasteiger charge is 2.14. The van der Waals surface area contributed by atoms with Gasteiger partial charge in [0.15, 0.2) is 13.1 Å². The number of aromatic nitrogens is 4. The number of nitrogens with two attached hydrogens (primary N) is 1. The molecular formula is C25H26Br2N6O2. The molecule has 5 rings (SSSR count). The fourth-order valence-corrected chi connectivity index (χ4v) is 3.45. The summed E-state index contributed by atoms with van der Waals surface area (Å²) in [5, 5.41) is 5.33. The highest BCUT2D eigenvalue weighted by atomic mass is 79.9. The van der Waals surface area contributed by atoms with E-state index in [9.17, 15) is 9.59 Å². The molecule has 0 atom stereocenters. The van der Waals surface area contributed by atoms with Crippen LogP contribution in [-0.4, -0.2) is 32.8 Å². The Morgan fingerprint density at radius 3 is 2.29 bits per heavy atom. The third kappa shape index (κ3) is 8.20. The van der Waals surface area contributed by atoms with Gasteiger partial charge in [0.25, 0.3) is 0 Å². The van der Waals surface area contributed by atoms with Crippen molar-refractivity contribution in [1.29, 1.82) is 0 Å². The van der Waals surface area contributed by atoms with Gasteiger partial charge < -0.3 is 44.6 Å². The first-order valence-corrected chi connectivity index (χ1v) is 10.7. The van der Waals surface area contributed by atoms with Crippen LogP contribution in [0.25, 0.3) is 0 Å². The van der Waals surface area contributed by atoms with Gasteiger partial charge in [0, 0.05) is 17.3 Å². The summed E-state index contributed by atoms with van der Waals surface area (Å²) in [5.74, 6) is 1.07. The maximum atomic E-state index is 12.2. The largest absolute Gasteiger partial charge is 1.00 e. The van der Waals surface area contributed by atoms with E-state index >= 15 is 0 Å². The van der Waals surface area contributed by atoms with E-state index in [1.807, 2.05) is 42.6 Å². The lowest BCUT2D eigenvalue weighted by Crippen LogP contribution is -3.00. The van der Waals surface area contributed by atoms with E-state index in [-0.39, 0.29) is 58.6 Å². The van der Waals surface area contributed by atoms with Gasteiger partial charge in [0.05, 0.1) is 5.56 Å². The molecule has 0 aliphatic carbocycles. The lowest BCUT2D eigenvalue weighted by Gasteiger charge is -2.13. The molecule has 0 fully saturated rings. The minimum atomic E-state index is 0. The number of carbonyl (C=O) groups is 2. The topological polar surface area (TPSA) is 97.4 Å². The number of quaternary nitrogens is 1. The minimum Gasteiger partial charge on any atom is -1.00 e. The molecule has 0 saturated carbocycles. The van der Waals surface area contributed by atoms with Crippen LogP contribution in [0.4, 0.5) is 5.82 Å². The van der Waals surface area contributed by atoms with Gasteiger partial charge in [-0.05, 0) is 0 Å². The number of hydrogen-bond donors (Lipinski definition) is 2. The van der Waals surface area contributed by atoms with Crippen molar-refractivity contribution in [2.75, 3.05) is 12.0 Å². The first-order chi connectivity index (χ1) is 16.2. The van der Waals surface area contributed by atoms with Crippen LogP contribution in [0.3, 0.4) is 0 Å². The van der Waals surface area contributed by atoms with Crippen molar-refractivity contribution in [3.63, 3.8) is 0 Å². The Morgan fingerprint density at radius 2 is 1.63 bits per heavy atom. The van der Waals surface area contributed by atoms with Crippen LogP contribution in [0.5, 0.6) is 0 Å². The van der Waals surface area contributed by atoms with Crippen LogP contribution in [-0.2, 0) is 19.6 Å². The molecule has 2 aromatic heterocycles. The number of benzene rings is 2. The molecule has 3 N–H and O–H groups in total. The van der Waals surface area contributed by atoms with Crippen LogP contribution in [0.1, 0.15) is 26.3 Å². The number of anilines is 1. The smallest absolute Gasteiger partial charge is 0.244 e. The number of fused-ring (bicyclic) bond motifs is 1. The second-order valence-electron chi connectivity index (χ2n) is 7.61. The maximum Gasteiger partial charge on any atom is 0.244 e. The van der Waals surface area contributed by atoms with Gasteiger partial charge in [-0.25, -0.2) is 19.1 Å². The molecule has 4 aromatic rings. The monoisotopic (exact) mass is 600 g/mol. The molecule has 1 aliphatic heterocycles. The van der Waals surface area contributed by atoms with Crippen molar-refractivity contribution in [2.24, 2.45) is 0 Å². The molecule has 35 heavy (non-hydrogen) atoms. The predicted molar refractivity (Wildman–Crippen MR) is 122 cm³/mol. The summed E-state index contributed by atoms with van der Waals surface area (Å²) in [5.41, 5.74) is 2.56.